The van der Waals surface area contributed by atoms with Gasteiger partial charge in [0.15, 0.2) is 0 Å². The highest BCUT2D eigenvalue weighted by molar-refractivity contribution is 5.75. The third-order valence-corrected chi connectivity index (χ3v) is 4.60. The van der Waals surface area contributed by atoms with Gasteiger partial charge in [-0.05, 0) is 30.5 Å². The predicted molar refractivity (Wildman–Crippen MR) is 84.8 cm³/mol. The summed E-state index contributed by atoms with van der Waals surface area (Å²) in [5, 5.41) is 11.6. The molecule has 0 aromatic heterocycles. The molecule has 126 valence electrons. The van der Waals surface area contributed by atoms with Crippen molar-refractivity contribution in [3.8, 4) is 0 Å². The van der Waals surface area contributed by atoms with Gasteiger partial charge < -0.3 is 15.3 Å². The summed E-state index contributed by atoms with van der Waals surface area (Å²) in [5.74, 6) is -1.19. The average Bonchev–Trinajstić information content (AvgIpc) is 3.01. The lowest BCUT2D eigenvalue weighted by molar-refractivity contribution is -0.137. The summed E-state index contributed by atoms with van der Waals surface area (Å²) < 4.78 is 13.1. The highest BCUT2D eigenvalue weighted by Crippen LogP contribution is 2.40. The van der Waals surface area contributed by atoms with Crippen LogP contribution in [0.1, 0.15) is 37.7 Å². The van der Waals surface area contributed by atoms with E-state index in [2.05, 4.69) is 5.32 Å². The number of rotatable bonds is 6. The van der Waals surface area contributed by atoms with Crippen LogP contribution in [0.4, 0.5) is 9.18 Å². The lowest BCUT2D eigenvalue weighted by atomic mass is 9.79. The van der Waals surface area contributed by atoms with Gasteiger partial charge in [-0.1, -0.05) is 25.0 Å². The molecule has 2 N–H and O–H groups in total. The summed E-state index contributed by atoms with van der Waals surface area (Å²) in [6.45, 7) is 0.652. The van der Waals surface area contributed by atoms with Crippen molar-refractivity contribution in [2.75, 3.05) is 20.1 Å². The maximum absolute atomic E-state index is 13.1. The molecular weight excluding hydrogens is 299 g/mol. The van der Waals surface area contributed by atoms with Crippen LogP contribution < -0.4 is 5.32 Å². The van der Waals surface area contributed by atoms with Crippen molar-refractivity contribution in [3.63, 3.8) is 0 Å². The van der Waals surface area contributed by atoms with Crippen LogP contribution in [0.2, 0.25) is 0 Å². The van der Waals surface area contributed by atoms with Crippen molar-refractivity contribution < 1.29 is 19.1 Å². The van der Waals surface area contributed by atoms with Gasteiger partial charge in [0.05, 0.1) is 6.42 Å². The van der Waals surface area contributed by atoms with Crippen molar-refractivity contribution in [2.45, 2.75) is 37.5 Å². The van der Waals surface area contributed by atoms with Crippen molar-refractivity contribution in [1.82, 2.24) is 10.2 Å². The molecule has 23 heavy (non-hydrogen) atoms. The molecule has 0 unspecified atom stereocenters. The molecule has 1 aromatic rings. The maximum Gasteiger partial charge on any atom is 0.317 e. The number of carboxylic acids is 1. The fourth-order valence-electron chi connectivity index (χ4n) is 3.17. The number of amides is 2. The van der Waals surface area contributed by atoms with Gasteiger partial charge >= 0.3 is 12.0 Å². The van der Waals surface area contributed by atoms with Crippen LogP contribution in [0.5, 0.6) is 0 Å². The summed E-state index contributed by atoms with van der Waals surface area (Å²) in [4.78, 5) is 24.0. The number of carboxylic acid groups (broad SMARTS) is 1. The fraction of sp³-hybridized carbons (Fsp3) is 0.529. The molecule has 0 bridgehead atoms. The number of carbonyl (C=O) groups is 2. The van der Waals surface area contributed by atoms with Gasteiger partial charge in [-0.3, -0.25) is 4.79 Å². The van der Waals surface area contributed by atoms with E-state index in [-0.39, 0.29) is 30.2 Å². The number of aliphatic carboxylic acids is 1. The van der Waals surface area contributed by atoms with Crippen LogP contribution in [-0.2, 0) is 10.2 Å². The Hall–Kier alpha value is -2.11. The second kappa shape index (κ2) is 7.44. The van der Waals surface area contributed by atoms with E-state index in [0.717, 1.165) is 31.2 Å². The summed E-state index contributed by atoms with van der Waals surface area (Å²) in [6.07, 6.45) is 4.01. The number of halogens is 1. The molecule has 2 amide bonds. The van der Waals surface area contributed by atoms with Crippen LogP contribution in [0.25, 0.3) is 0 Å². The van der Waals surface area contributed by atoms with Crippen molar-refractivity contribution >= 4 is 12.0 Å². The monoisotopic (exact) mass is 322 g/mol. The zero-order chi connectivity index (χ0) is 16.9. The van der Waals surface area contributed by atoms with Gasteiger partial charge in [0, 0.05) is 25.6 Å². The summed E-state index contributed by atoms with van der Waals surface area (Å²) in [7, 11) is 1.58. The Morgan fingerprint density at radius 1 is 1.26 bits per heavy atom. The molecule has 0 saturated heterocycles. The second-order valence-corrected chi connectivity index (χ2v) is 6.22. The topological polar surface area (TPSA) is 69.6 Å². The molecule has 1 fully saturated rings. The van der Waals surface area contributed by atoms with Crippen LogP contribution in [0, 0.1) is 5.82 Å². The molecule has 1 aliphatic rings. The van der Waals surface area contributed by atoms with E-state index in [0.29, 0.717) is 6.54 Å². The standard InChI is InChI=1S/C17H23FN2O3/c1-20(11-8-15(21)22)16(23)19-12-17(9-2-3-10-17)13-4-6-14(18)7-5-13/h4-7H,2-3,8-12H2,1H3,(H,19,23)(H,21,22). The number of hydrogen-bond donors (Lipinski definition) is 2. The number of nitrogens with zero attached hydrogens (tertiary/aromatic N) is 1. The van der Waals surface area contributed by atoms with Crippen LogP contribution in [0.3, 0.4) is 0 Å². The first-order valence-electron chi connectivity index (χ1n) is 7.90. The zero-order valence-electron chi connectivity index (χ0n) is 13.3. The van der Waals surface area contributed by atoms with Crippen molar-refractivity contribution in [3.05, 3.63) is 35.6 Å². The van der Waals surface area contributed by atoms with Gasteiger partial charge in [0.2, 0.25) is 0 Å². The fourth-order valence-corrected chi connectivity index (χ4v) is 3.17. The first kappa shape index (κ1) is 17.2. The summed E-state index contributed by atoms with van der Waals surface area (Å²) in [6, 6.07) is 6.22. The van der Waals surface area contributed by atoms with E-state index in [4.69, 9.17) is 5.11 Å². The number of benzene rings is 1. The molecule has 1 aliphatic carbocycles. The van der Waals surface area contributed by atoms with Crippen molar-refractivity contribution in [1.29, 1.82) is 0 Å². The smallest absolute Gasteiger partial charge is 0.317 e. The number of nitrogens with one attached hydrogen (secondary N) is 1. The Labute approximate surface area is 135 Å². The first-order valence-corrected chi connectivity index (χ1v) is 7.90. The average molecular weight is 322 g/mol. The Bertz CT molecular complexity index is 553. The SMILES string of the molecule is CN(CCC(=O)O)C(=O)NCC1(c2ccc(F)cc2)CCCC1. The predicted octanol–water partition coefficient (Wildman–Crippen LogP) is 2.75. The second-order valence-electron chi connectivity index (χ2n) is 6.22. The molecule has 6 heteroatoms. The first-order chi connectivity index (χ1) is 10.9. The minimum absolute atomic E-state index is 0.0764. The lowest BCUT2D eigenvalue weighted by Crippen LogP contribution is -2.44. The minimum Gasteiger partial charge on any atom is -0.481 e. The Morgan fingerprint density at radius 2 is 1.87 bits per heavy atom. The van der Waals surface area contributed by atoms with Crippen LogP contribution in [-0.4, -0.2) is 42.1 Å². The third kappa shape index (κ3) is 4.43. The van der Waals surface area contributed by atoms with Crippen LogP contribution in [0.15, 0.2) is 24.3 Å². The number of hydrogen-bond acceptors (Lipinski definition) is 2. The summed E-state index contributed by atoms with van der Waals surface area (Å²) >= 11 is 0. The molecule has 0 aliphatic heterocycles. The van der Waals surface area contributed by atoms with Gasteiger partial charge in [0.25, 0.3) is 0 Å². The molecule has 5 nitrogen and oxygen atoms in total. The molecule has 0 atom stereocenters. The largest absolute Gasteiger partial charge is 0.481 e. The van der Waals surface area contributed by atoms with Gasteiger partial charge in [0.1, 0.15) is 5.82 Å². The highest BCUT2D eigenvalue weighted by atomic mass is 19.1. The highest BCUT2D eigenvalue weighted by Gasteiger charge is 2.36. The van der Waals surface area contributed by atoms with E-state index < -0.39 is 5.97 Å². The number of carbonyl (C=O) groups excluding carboxylic acids is 1. The van der Waals surface area contributed by atoms with Crippen LogP contribution >= 0.6 is 0 Å². The Morgan fingerprint density at radius 3 is 2.43 bits per heavy atom. The molecule has 0 heterocycles. The van der Waals surface area contributed by atoms with Crippen molar-refractivity contribution in [2.24, 2.45) is 0 Å². The number of urea groups is 1. The summed E-state index contributed by atoms with van der Waals surface area (Å²) in [5.41, 5.74) is 0.890. The Kier molecular flexibility index (Phi) is 5.58. The van der Waals surface area contributed by atoms with E-state index in [1.54, 1.807) is 19.2 Å². The molecule has 2 rings (SSSR count). The minimum atomic E-state index is -0.928. The van der Waals surface area contributed by atoms with E-state index in [1.165, 1.54) is 17.0 Å². The normalized spacial score (nSPS) is 16.1. The lowest BCUT2D eigenvalue weighted by Gasteiger charge is -2.31. The molecule has 0 radical (unpaired) electrons. The van der Waals surface area contributed by atoms with E-state index >= 15 is 0 Å². The van der Waals surface area contributed by atoms with E-state index in [1.807, 2.05) is 0 Å². The maximum atomic E-state index is 13.1. The van der Waals surface area contributed by atoms with Gasteiger partial charge in [-0.2, -0.15) is 0 Å². The molecular formula is C17H23FN2O3. The third-order valence-electron chi connectivity index (χ3n) is 4.60. The van der Waals surface area contributed by atoms with Gasteiger partial charge in [-0.25, -0.2) is 9.18 Å². The molecule has 1 saturated carbocycles. The van der Waals surface area contributed by atoms with E-state index in [9.17, 15) is 14.0 Å². The zero-order valence-corrected chi connectivity index (χ0v) is 13.3. The Balaban J connectivity index is 1.98. The van der Waals surface area contributed by atoms with Gasteiger partial charge in [-0.15, -0.1) is 0 Å². The molecule has 1 aromatic carbocycles. The quantitative estimate of drug-likeness (QED) is 0.846. The molecule has 0 spiro atoms.